The van der Waals surface area contributed by atoms with Crippen LogP contribution in [-0.2, 0) is 14.3 Å². The molecule has 0 bridgehead atoms. The number of hydrogen-bond donors (Lipinski definition) is 0. The van der Waals surface area contributed by atoms with Gasteiger partial charge in [0.2, 0.25) is 0 Å². The molecule has 0 saturated carbocycles. The van der Waals surface area contributed by atoms with Crippen LogP contribution < -0.4 is 0 Å². The van der Waals surface area contributed by atoms with E-state index in [1.807, 2.05) is 0 Å². The van der Waals surface area contributed by atoms with Crippen LogP contribution in [-0.4, -0.2) is 11.9 Å². The van der Waals surface area contributed by atoms with Crippen molar-refractivity contribution in [2.45, 2.75) is 39.5 Å². The third-order valence-electron chi connectivity index (χ3n) is 2.77. The number of carbonyl (C=O) groups excluding carboxylic acids is 2. The molecule has 2 atom stereocenters. The molecule has 84 valence electrons. The van der Waals surface area contributed by atoms with Crippen molar-refractivity contribution < 1.29 is 14.3 Å². The molecule has 2 unspecified atom stereocenters. The molecule has 0 amide bonds. The summed E-state index contributed by atoms with van der Waals surface area (Å²) in [5, 5.41) is 0. The third-order valence-corrected chi connectivity index (χ3v) is 2.77. The summed E-state index contributed by atoms with van der Waals surface area (Å²) in [6, 6.07) is 0. The molecule has 3 heteroatoms. The fourth-order valence-corrected chi connectivity index (χ4v) is 1.74. The lowest BCUT2D eigenvalue weighted by atomic mass is 9.91. The molecule has 0 spiro atoms. The topological polar surface area (TPSA) is 43.4 Å². The predicted octanol–water partition coefficient (Wildman–Crippen LogP) is 2.46. The van der Waals surface area contributed by atoms with Crippen LogP contribution in [0.4, 0.5) is 0 Å². The number of esters is 2. The van der Waals surface area contributed by atoms with Gasteiger partial charge in [0, 0.05) is 0 Å². The molecule has 0 radical (unpaired) electrons. The van der Waals surface area contributed by atoms with Gasteiger partial charge in [-0.1, -0.05) is 26.0 Å². The second-order valence-corrected chi connectivity index (χ2v) is 3.95. The Labute approximate surface area is 90.5 Å². The van der Waals surface area contributed by atoms with E-state index < -0.39 is 0 Å². The van der Waals surface area contributed by atoms with E-state index >= 15 is 0 Å². The SMILES string of the molecule is CCC=CCCCC1C(=O)OC(=O)C1C. The lowest BCUT2D eigenvalue weighted by Crippen LogP contribution is -2.14. The monoisotopic (exact) mass is 210 g/mol. The molecule has 0 aliphatic carbocycles. The maximum Gasteiger partial charge on any atom is 0.317 e. The van der Waals surface area contributed by atoms with Crippen LogP contribution in [0, 0.1) is 11.8 Å². The molecule has 1 rings (SSSR count). The van der Waals surface area contributed by atoms with Gasteiger partial charge in [0.25, 0.3) is 0 Å². The van der Waals surface area contributed by atoms with Gasteiger partial charge in [0.1, 0.15) is 0 Å². The van der Waals surface area contributed by atoms with Crippen molar-refractivity contribution in [1.82, 2.24) is 0 Å². The molecule has 1 aliphatic rings. The number of hydrogen-bond acceptors (Lipinski definition) is 3. The van der Waals surface area contributed by atoms with Crippen LogP contribution in [0.5, 0.6) is 0 Å². The number of allylic oxidation sites excluding steroid dienone is 2. The molecule has 3 nitrogen and oxygen atoms in total. The Kier molecular flexibility index (Phi) is 4.53. The fourth-order valence-electron chi connectivity index (χ4n) is 1.74. The number of rotatable bonds is 5. The van der Waals surface area contributed by atoms with E-state index in [1.165, 1.54) is 0 Å². The summed E-state index contributed by atoms with van der Waals surface area (Å²) in [7, 11) is 0. The van der Waals surface area contributed by atoms with E-state index in [1.54, 1.807) is 6.92 Å². The van der Waals surface area contributed by atoms with Gasteiger partial charge in [-0.15, -0.1) is 0 Å². The second kappa shape index (κ2) is 5.69. The highest BCUT2D eigenvalue weighted by Gasteiger charge is 2.40. The van der Waals surface area contributed by atoms with Crippen LogP contribution in [0.3, 0.4) is 0 Å². The van der Waals surface area contributed by atoms with E-state index in [0.29, 0.717) is 0 Å². The summed E-state index contributed by atoms with van der Waals surface area (Å²) in [6.07, 6.45) is 7.93. The fraction of sp³-hybridized carbons (Fsp3) is 0.667. The highest BCUT2D eigenvalue weighted by molar-refractivity contribution is 5.96. The maximum atomic E-state index is 11.3. The first-order chi connectivity index (χ1) is 7.16. The Morgan fingerprint density at radius 2 is 2.00 bits per heavy atom. The molecule has 0 aromatic carbocycles. The van der Waals surface area contributed by atoms with E-state index in [0.717, 1.165) is 25.7 Å². The quantitative estimate of drug-likeness (QED) is 0.303. The van der Waals surface area contributed by atoms with E-state index in [-0.39, 0.29) is 23.8 Å². The average Bonchev–Trinajstić information content (AvgIpc) is 2.44. The van der Waals surface area contributed by atoms with Gasteiger partial charge in [-0.2, -0.15) is 0 Å². The summed E-state index contributed by atoms with van der Waals surface area (Å²) >= 11 is 0. The van der Waals surface area contributed by atoms with Gasteiger partial charge in [0.15, 0.2) is 0 Å². The standard InChI is InChI=1S/C12H18O3/c1-3-4-5-6-7-8-10-9(2)11(13)15-12(10)14/h4-5,9-10H,3,6-8H2,1-2H3. The van der Waals surface area contributed by atoms with Gasteiger partial charge in [-0.3, -0.25) is 9.59 Å². The van der Waals surface area contributed by atoms with Crippen molar-refractivity contribution in [1.29, 1.82) is 0 Å². The zero-order chi connectivity index (χ0) is 11.3. The second-order valence-electron chi connectivity index (χ2n) is 3.95. The zero-order valence-corrected chi connectivity index (χ0v) is 9.36. The maximum absolute atomic E-state index is 11.3. The largest absolute Gasteiger partial charge is 0.393 e. The molecular formula is C12H18O3. The Morgan fingerprint density at radius 1 is 1.27 bits per heavy atom. The van der Waals surface area contributed by atoms with Crippen molar-refractivity contribution in [2.75, 3.05) is 0 Å². The minimum atomic E-state index is -0.367. The van der Waals surface area contributed by atoms with Crippen LogP contribution in [0.1, 0.15) is 39.5 Å². The molecule has 1 fully saturated rings. The Morgan fingerprint density at radius 3 is 2.53 bits per heavy atom. The van der Waals surface area contributed by atoms with Gasteiger partial charge in [0.05, 0.1) is 11.8 Å². The lowest BCUT2D eigenvalue weighted by Gasteiger charge is -2.06. The molecule has 0 N–H and O–H groups in total. The van der Waals surface area contributed by atoms with Gasteiger partial charge in [-0.05, 0) is 25.7 Å². The molecule has 1 heterocycles. The minimum Gasteiger partial charge on any atom is -0.393 e. The van der Waals surface area contributed by atoms with Crippen molar-refractivity contribution in [3.8, 4) is 0 Å². The Balaban J connectivity index is 2.29. The van der Waals surface area contributed by atoms with Crippen LogP contribution >= 0.6 is 0 Å². The molecule has 15 heavy (non-hydrogen) atoms. The van der Waals surface area contributed by atoms with E-state index in [9.17, 15) is 9.59 Å². The minimum absolute atomic E-state index is 0.215. The average molecular weight is 210 g/mol. The number of cyclic esters (lactones) is 2. The molecular weight excluding hydrogens is 192 g/mol. The normalized spacial score (nSPS) is 26.3. The molecule has 1 aliphatic heterocycles. The third kappa shape index (κ3) is 3.18. The van der Waals surface area contributed by atoms with Crippen molar-refractivity contribution >= 4 is 11.9 Å². The van der Waals surface area contributed by atoms with Crippen LogP contribution in [0.25, 0.3) is 0 Å². The van der Waals surface area contributed by atoms with Crippen molar-refractivity contribution in [3.63, 3.8) is 0 Å². The molecule has 1 saturated heterocycles. The summed E-state index contributed by atoms with van der Waals surface area (Å²) in [5.74, 6) is -1.18. The predicted molar refractivity (Wildman–Crippen MR) is 57.0 cm³/mol. The summed E-state index contributed by atoms with van der Waals surface area (Å²) in [4.78, 5) is 22.3. The molecule has 0 aromatic heterocycles. The summed E-state index contributed by atoms with van der Waals surface area (Å²) in [6.45, 7) is 3.85. The first kappa shape index (κ1) is 12.0. The number of unbranched alkanes of at least 4 members (excludes halogenated alkanes) is 1. The lowest BCUT2D eigenvalue weighted by molar-refractivity contribution is -0.153. The van der Waals surface area contributed by atoms with Crippen LogP contribution in [0.2, 0.25) is 0 Å². The smallest absolute Gasteiger partial charge is 0.317 e. The highest BCUT2D eigenvalue weighted by atomic mass is 16.6. The van der Waals surface area contributed by atoms with Gasteiger partial charge < -0.3 is 4.74 Å². The van der Waals surface area contributed by atoms with Crippen LogP contribution in [0.15, 0.2) is 12.2 Å². The highest BCUT2D eigenvalue weighted by Crippen LogP contribution is 2.27. The Hall–Kier alpha value is -1.12. The first-order valence-electron chi connectivity index (χ1n) is 5.57. The van der Waals surface area contributed by atoms with Crippen molar-refractivity contribution in [3.05, 3.63) is 12.2 Å². The number of ether oxygens (including phenoxy) is 1. The first-order valence-corrected chi connectivity index (χ1v) is 5.57. The van der Waals surface area contributed by atoms with Crippen molar-refractivity contribution in [2.24, 2.45) is 11.8 Å². The van der Waals surface area contributed by atoms with Gasteiger partial charge >= 0.3 is 11.9 Å². The molecule has 0 aromatic rings. The Bertz CT molecular complexity index is 268. The summed E-state index contributed by atoms with van der Waals surface area (Å²) < 4.78 is 4.57. The van der Waals surface area contributed by atoms with E-state index in [4.69, 9.17) is 0 Å². The number of carbonyl (C=O) groups is 2. The zero-order valence-electron chi connectivity index (χ0n) is 9.36. The van der Waals surface area contributed by atoms with E-state index in [2.05, 4.69) is 23.8 Å². The summed E-state index contributed by atoms with van der Waals surface area (Å²) in [5.41, 5.74) is 0. The van der Waals surface area contributed by atoms with Gasteiger partial charge in [-0.25, -0.2) is 0 Å².